The molecule has 0 aliphatic carbocycles. The quantitative estimate of drug-likeness (QED) is 0.344. The molecule has 1 N–H and O–H groups in total. The van der Waals surface area contributed by atoms with Crippen LogP contribution in [0.25, 0.3) is 5.69 Å². The smallest absolute Gasteiger partial charge is 0.293 e. The van der Waals surface area contributed by atoms with Crippen molar-refractivity contribution < 1.29 is 4.92 Å². The molecule has 0 saturated carbocycles. The molecule has 3 aromatic rings. The number of nitro groups is 1. The molecule has 3 rings (SSSR count). The summed E-state index contributed by atoms with van der Waals surface area (Å²) >= 11 is 9.10. The van der Waals surface area contributed by atoms with Crippen molar-refractivity contribution in [1.82, 2.24) is 9.78 Å². The standard InChI is InChI=1S/C16H11BrClN5O3/c1-9-15(16(24)22(21-9)12-5-2-10(17)3-6-12)20-19-11-4-7-13(18)14(8-11)23(25)26/h2-8,21H,1H3. The number of rotatable bonds is 4. The Bertz CT molecular complexity index is 1070. The van der Waals surface area contributed by atoms with Gasteiger partial charge < -0.3 is 0 Å². The maximum atomic E-state index is 12.6. The Balaban J connectivity index is 1.97. The van der Waals surface area contributed by atoms with Gasteiger partial charge in [0, 0.05) is 10.5 Å². The van der Waals surface area contributed by atoms with Gasteiger partial charge in [0.1, 0.15) is 5.02 Å². The summed E-state index contributed by atoms with van der Waals surface area (Å²) in [6, 6.07) is 11.2. The fourth-order valence-electron chi connectivity index (χ4n) is 2.24. The molecule has 0 unspecified atom stereocenters. The van der Waals surface area contributed by atoms with Crippen molar-refractivity contribution in [3.8, 4) is 5.69 Å². The summed E-state index contributed by atoms with van der Waals surface area (Å²) < 4.78 is 2.24. The molecule has 132 valence electrons. The van der Waals surface area contributed by atoms with Crippen LogP contribution < -0.4 is 5.56 Å². The average molecular weight is 437 g/mol. The number of aromatic amines is 1. The van der Waals surface area contributed by atoms with Gasteiger partial charge >= 0.3 is 0 Å². The van der Waals surface area contributed by atoms with Crippen LogP contribution in [-0.4, -0.2) is 14.7 Å². The highest BCUT2D eigenvalue weighted by Crippen LogP contribution is 2.29. The van der Waals surface area contributed by atoms with Crippen molar-refractivity contribution in [3.63, 3.8) is 0 Å². The first kappa shape index (κ1) is 18.0. The third-order valence-electron chi connectivity index (χ3n) is 3.52. The average Bonchev–Trinajstić information content (AvgIpc) is 2.89. The molecule has 0 saturated heterocycles. The van der Waals surface area contributed by atoms with Crippen LogP contribution in [-0.2, 0) is 0 Å². The zero-order valence-corrected chi connectivity index (χ0v) is 15.7. The Morgan fingerprint density at radius 2 is 1.88 bits per heavy atom. The largest absolute Gasteiger partial charge is 0.299 e. The van der Waals surface area contributed by atoms with Gasteiger partial charge in [0.05, 0.1) is 22.0 Å². The summed E-state index contributed by atoms with van der Waals surface area (Å²) in [5, 5.41) is 21.7. The maximum Gasteiger partial charge on any atom is 0.299 e. The molecular formula is C16H11BrClN5O3. The Morgan fingerprint density at radius 3 is 2.54 bits per heavy atom. The van der Waals surface area contributed by atoms with Crippen LogP contribution >= 0.6 is 27.5 Å². The molecule has 8 nitrogen and oxygen atoms in total. The van der Waals surface area contributed by atoms with Gasteiger partial charge in [-0.1, -0.05) is 27.5 Å². The Labute approximate surface area is 160 Å². The topological polar surface area (TPSA) is 106 Å². The van der Waals surface area contributed by atoms with Crippen LogP contribution in [0.4, 0.5) is 17.1 Å². The molecule has 2 aromatic carbocycles. The third kappa shape index (κ3) is 3.58. The number of nitrogens with one attached hydrogen (secondary N) is 1. The number of nitro benzene ring substituents is 1. The van der Waals surface area contributed by atoms with Crippen LogP contribution in [0.5, 0.6) is 0 Å². The predicted octanol–water partition coefficient (Wildman–Crippen LogP) is 5.21. The van der Waals surface area contributed by atoms with Crippen molar-refractivity contribution in [1.29, 1.82) is 0 Å². The van der Waals surface area contributed by atoms with Gasteiger partial charge in [-0.3, -0.25) is 20.0 Å². The van der Waals surface area contributed by atoms with E-state index in [1.807, 2.05) is 12.1 Å². The zero-order chi connectivity index (χ0) is 18.8. The highest BCUT2D eigenvalue weighted by Gasteiger charge is 2.14. The number of aryl methyl sites for hydroxylation is 1. The second kappa shape index (κ2) is 7.22. The van der Waals surface area contributed by atoms with Gasteiger partial charge in [0.2, 0.25) is 0 Å². The molecule has 26 heavy (non-hydrogen) atoms. The van der Waals surface area contributed by atoms with Crippen molar-refractivity contribution in [2.24, 2.45) is 10.2 Å². The molecule has 1 aromatic heterocycles. The lowest BCUT2D eigenvalue weighted by Gasteiger charge is -2.00. The molecule has 0 amide bonds. The number of H-pyrrole nitrogens is 1. The summed E-state index contributed by atoms with van der Waals surface area (Å²) in [6.07, 6.45) is 0. The zero-order valence-electron chi connectivity index (χ0n) is 13.3. The number of aromatic nitrogens is 2. The number of azo groups is 1. The van der Waals surface area contributed by atoms with Crippen LogP contribution in [0.2, 0.25) is 5.02 Å². The van der Waals surface area contributed by atoms with Gasteiger partial charge in [-0.2, -0.15) is 5.11 Å². The van der Waals surface area contributed by atoms with Crippen molar-refractivity contribution >= 4 is 44.6 Å². The summed E-state index contributed by atoms with van der Waals surface area (Å²) in [6.45, 7) is 1.69. The number of halogens is 2. The Hall–Kier alpha value is -2.78. The van der Waals surface area contributed by atoms with E-state index in [9.17, 15) is 14.9 Å². The van der Waals surface area contributed by atoms with Crippen molar-refractivity contribution in [2.45, 2.75) is 6.92 Å². The molecule has 0 atom stereocenters. The van der Waals surface area contributed by atoms with Gasteiger partial charge in [-0.25, -0.2) is 4.68 Å². The molecule has 10 heteroatoms. The monoisotopic (exact) mass is 435 g/mol. The van der Waals surface area contributed by atoms with E-state index < -0.39 is 4.92 Å². The van der Waals surface area contributed by atoms with E-state index in [0.717, 1.165) is 4.47 Å². The van der Waals surface area contributed by atoms with E-state index in [-0.39, 0.29) is 27.6 Å². The molecule has 0 radical (unpaired) electrons. The van der Waals surface area contributed by atoms with E-state index in [4.69, 9.17) is 11.6 Å². The lowest BCUT2D eigenvalue weighted by atomic mass is 10.3. The van der Waals surface area contributed by atoms with Crippen molar-refractivity contribution in [3.05, 3.63) is 78.1 Å². The minimum atomic E-state index is -0.608. The van der Waals surface area contributed by atoms with Crippen LogP contribution in [0.15, 0.2) is 62.0 Å². The Morgan fingerprint density at radius 1 is 1.19 bits per heavy atom. The molecule has 0 fully saturated rings. The summed E-state index contributed by atoms with van der Waals surface area (Å²) in [4.78, 5) is 22.9. The number of hydrogen-bond acceptors (Lipinski definition) is 5. The predicted molar refractivity (Wildman–Crippen MR) is 101 cm³/mol. The highest BCUT2D eigenvalue weighted by atomic mass is 79.9. The van der Waals surface area contributed by atoms with Gasteiger partial charge in [0.25, 0.3) is 11.2 Å². The maximum absolute atomic E-state index is 12.6. The lowest BCUT2D eigenvalue weighted by molar-refractivity contribution is -0.384. The molecule has 1 heterocycles. The van der Waals surface area contributed by atoms with E-state index in [0.29, 0.717) is 11.4 Å². The molecule has 0 bridgehead atoms. The van der Waals surface area contributed by atoms with Crippen molar-refractivity contribution in [2.75, 3.05) is 0 Å². The van der Waals surface area contributed by atoms with Crippen LogP contribution in [0.3, 0.4) is 0 Å². The fraction of sp³-hybridized carbons (Fsp3) is 0.0625. The van der Waals surface area contributed by atoms with E-state index in [1.54, 1.807) is 19.1 Å². The number of nitrogens with zero attached hydrogens (tertiary/aromatic N) is 4. The lowest BCUT2D eigenvalue weighted by Crippen LogP contribution is -2.13. The van der Waals surface area contributed by atoms with E-state index >= 15 is 0 Å². The minimum Gasteiger partial charge on any atom is -0.293 e. The van der Waals surface area contributed by atoms with Gasteiger partial charge in [-0.05, 0) is 43.3 Å². The number of hydrogen-bond donors (Lipinski definition) is 1. The first-order valence-electron chi connectivity index (χ1n) is 7.30. The molecular weight excluding hydrogens is 426 g/mol. The fourth-order valence-corrected chi connectivity index (χ4v) is 2.69. The molecule has 0 aliphatic heterocycles. The third-order valence-corrected chi connectivity index (χ3v) is 4.37. The first-order valence-corrected chi connectivity index (χ1v) is 8.47. The van der Waals surface area contributed by atoms with Crippen LogP contribution in [0, 0.1) is 17.0 Å². The van der Waals surface area contributed by atoms with Gasteiger partial charge in [0.15, 0.2) is 5.69 Å². The minimum absolute atomic E-state index is 0.00405. The normalized spacial score (nSPS) is 11.2. The second-order valence-corrected chi connectivity index (χ2v) is 6.62. The van der Waals surface area contributed by atoms with Crippen LogP contribution in [0.1, 0.15) is 5.69 Å². The summed E-state index contributed by atoms with van der Waals surface area (Å²) in [7, 11) is 0. The summed E-state index contributed by atoms with van der Waals surface area (Å²) in [5.74, 6) is 0. The van der Waals surface area contributed by atoms with E-state index in [1.165, 1.54) is 22.9 Å². The molecule has 0 aliphatic rings. The summed E-state index contributed by atoms with van der Waals surface area (Å²) in [5.41, 5.74) is 0.843. The number of benzene rings is 2. The SMILES string of the molecule is Cc1[nH]n(-c2ccc(Br)cc2)c(=O)c1N=Nc1ccc(Cl)c([N+](=O)[O-])c1. The molecule has 0 spiro atoms. The first-order chi connectivity index (χ1) is 12.4. The Kier molecular flexibility index (Phi) is 5.01. The van der Waals surface area contributed by atoms with E-state index in [2.05, 4.69) is 31.3 Å². The van der Waals surface area contributed by atoms with Gasteiger partial charge in [-0.15, -0.1) is 5.11 Å². The highest BCUT2D eigenvalue weighted by molar-refractivity contribution is 9.10. The second-order valence-electron chi connectivity index (χ2n) is 5.30.